The summed E-state index contributed by atoms with van der Waals surface area (Å²) in [6, 6.07) is 9.13. The quantitative estimate of drug-likeness (QED) is 0.888. The minimum atomic E-state index is -1.41. The molecule has 0 unspecified atom stereocenters. The van der Waals surface area contributed by atoms with Gasteiger partial charge in [-0.3, -0.25) is 0 Å². The molecule has 0 aliphatic carbocycles. The number of carboxylic acids is 1. The third-order valence-corrected chi connectivity index (χ3v) is 2.65. The average Bonchev–Trinajstić information content (AvgIpc) is 2.26. The van der Waals surface area contributed by atoms with Gasteiger partial charge in [-0.05, 0) is 33.3 Å². The van der Waals surface area contributed by atoms with Gasteiger partial charge in [-0.25, -0.2) is 9.59 Å². The Morgan fingerprint density at radius 3 is 2.15 bits per heavy atom. The van der Waals surface area contributed by atoms with Crippen LogP contribution in [0, 0.1) is 0 Å². The van der Waals surface area contributed by atoms with Crippen LogP contribution in [0.1, 0.15) is 33.3 Å². The highest BCUT2D eigenvalue weighted by atomic mass is 16.6. The molecule has 0 aromatic heterocycles. The van der Waals surface area contributed by atoms with Crippen molar-refractivity contribution in [3.8, 4) is 0 Å². The van der Waals surface area contributed by atoms with E-state index in [1.165, 1.54) is 6.92 Å². The van der Waals surface area contributed by atoms with Crippen molar-refractivity contribution in [1.82, 2.24) is 5.32 Å². The molecule has 20 heavy (non-hydrogen) atoms. The number of aliphatic carboxylic acids is 1. The number of ether oxygens (including phenoxy) is 1. The van der Waals surface area contributed by atoms with Crippen molar-refractivity contribution in [2.24, 2.45) is 0 Å². The van der Waals surface area contributed by atoms with Crippen molar-refractivity contribution in [2.45, 2.75) is 45.3 Å². The van der Waals surface area contributed by atoms with Gasteiger partial charge in [-0.15, -0.1) is 0 Å². The number of carboxylic acid groups (broad SMARTS) is 1. The molecule has 110 valence electrons. The summed E-state index contributed by atoms with van der Waals surface area (Å²) in [5.41, 5.74) is -1.26. The molecule has 0 fully saturated rings. The Labute approximate surface area is 118 Å². The Morgan fingerprint density at radius 2 is 1.70 bits per heavy atom. The number of rotatable bonds is 4. The predicted octanol–water partition coefficient (Wildman–Crippen LogP) is 2.60. The van der Waals surface area contributed by atoms with Crippen LogP contribution in [-0.4, -0.2) is 28.3 Å². The molecule has 1 atom stereocenters. The van der Waals surface area contributed by atoms with Gasteiger partial charge >= 0.3 is 12.1 Å². The maximum Gasteiger partial charge on any atom is 0.408 e. The number of hydrogen-bond donors (Lipinski definition) is 2. The Morgan fingerprint density at radius 1 is 1.15 bits per heavy atom. The lowest BCUT2D eigenvalue weighted by Gasteiger charge is -2.28. The van der Waals surface area contributed by atoms with E-state index < -0.39 is 23.2 Å². The molecule has 0 aliphatic rings. The molecule has 5 heteroatoms. The van der Waals surface area contributed by atoms with Gasteiger partial charge in [0.25, 0.3) is 0 Å². The van der Waals surface area contributed by atoms with E-state index in [1.54, 1.807) is 20.8 Å². The number of carbonyl (C=O) groups excluding carboxylic acids is 1. The van der Waals surface area contributed by atoms with E-state index in [9.17, 15) is 14.7 Å². The molecule has 0 aliphatic heterocycles. The molecule has 0 bridgehead atoms. The molecule has 0 heterocycles. The summed E-state index contributed by atoms with van der Waals surface area (Å²) in [5.74, 6) is -1.10. The highest BCUT2D eigenvalue weighted by Crippen LogP contribution is 2.15. The van der Waals surface area contributed by atoms with E-state index >= 15 is 0 Å². The molecule has 0 saturated heterocycles. The molecule has 1 amide bonds. The summed E-state index contributed by atoms with van der Waals surface area (Å²) in [5, 5.41) is 11.8. The van der Waals surface area contributed by atoms with Crippen LogP contribution in [0.2, 0.25) is 0 Å². The lowest BCUT2D eigenvalue weighted by molar-refractivity contribution is -0.144. The minimum absolute atomic E-state index is 0.183. The molecule has 2 N–H and O–H groups in total. The summed E-state index contributed by atoms with van der Waals surface area (Å²) >= 11 is 0. The largest absolute Gasteiger partial charge is 0.480 e. The zero-order valence-corrected chi connectivity index (χ0v) is 12.3. The third kappa shape index (κ3) is 4.91. The first-order valence-electron chi connectivity index (χ1n) is 6.41. The Bertz CT molecular complexity index is 478. The standard InChI is InChI=1S/C15H21NO4/c1-14(2,3)20-13(19)16-15(4,12(17)18)10-11-8-6-5-7-9-11/h5-9H,10H2,1-4H3,(H,16,19)(H,17,18)/t15-/m0/s1. The molecular weight excluding hydrogens is 258 g/mol. The fraction of sp³-hybridized carbons (Fsp3) is 0.467. The lowest BCUT2D eigenvalue weighted by Crippen LogP contribution is -2.54. The van der Waals surface area contributed by atoms with Crippen LogP contribution in [0.25, 0.3) is 0 Å². The number of hydrogen-bond acceptors (Lipinski definition) is 3. The van der Waals surface area contributed by atoms with Gasteiger partial charge in [0, 0.05) is 6.42 Å². The zero-order valence-electron chi connectivity index (χ0n) is 12.3. The molecule has 5 nitrogen and oxygen atoms in total. The number of benzene rings is 1. The lowest BCUT2D eigenvalue weighted by atomic mass is 9.93. The van der Waals surface area contributed by atoms with E-state index in [0.717, 1.165) is 5.56 Å². The highest BCUT2D eigenvalue weighted by Gasteiger charge is 2.36. The minimum Gasteiger partial charge on any atom is -0.480 e. The van der Waals surface area contributed by atoms with Gasteiger partial charge in [0.1, 0.15) is 11.1 Å². The van der Waals surface area contributed by atoms with Crippen molar-refractivity contribution in [1.29, 1.82) is 0 Å². The molecule has 0 saturated carbocycles. The summed E-state index contributed by atoms with van der Waals surface area (Å²) in [6.45, 7) is 6.64. The Kier molecular flexibility index (Phi) is 4.76. The first-order valence-corrected chi connectivity index (χ1v) is 6.41. The van der Waals surface area contributed by atoms with Crippen LogP contribution in [-0.2, 0) is 16.0 Å². The molecular formula is C15H21NO4. The van der Waals surface area contributed by atoms with Gasteiger partial charge in [0.2, 0.25) is 0 Å². The van der Waals surface area contributed by atoms with E-state index in [1.807, 2.05) is 30.3 Å². The average molecular weight is 279 g/mol. The molecule has 0 spiro atoms. The summed E-state index contributed by atoms with van der Waals surface area (Å²) < 4.78 is 5.11. The summed E-state index contributed by atoms with van der Waals surface area (Å²) in [6.07, 6.45) is -0.555. The third-order valence-electron chi connectivity index (χ3n) is 2.65. The fourth-order valence-electron chi connectivity index (χ4n) is 1.71. The van der Waals surface area contributed by atoms with Crippen molar-refractivity contribution in [3.63, 3.8) is 0 Å². The topological polar surface area (TPSA) is 75.6 Å². The van der Waals surface area contributed by atoms with Crippen molar-refractivity contribution >= 4 is 12.1 Å². The number of amides is 1. The smallest absolute Gasteiger partial charge is 0.408 e. The van der Waals surface area contributed by atoms with E-state index in [2.05, 4.69) is 5.32 Å². The van der Waals surface area contributed by atoms with E-state index in [-0.39, 0.29) is 6.42 Å². The van der Waals surface area contributed by atoms with Crippen LogP contribution in [0.15, 0.2) is 30.3 Å². The van der Waals surface area contributed by atoms with Gasteiger partial charge in [-0.2, -0.15) is 0 Å². The summed E-state index contributed by atoms with van der Waals surface area (Å²) in [4.78, 5) is 23.2. The number of alkyl carbamates (subject to hydrolysis) is 1. The Balaban J connectivity index is 2.82. The van der Waals surface area contributed by atoms with Gasteiger partial charge in [0.15, 0.2) is 0 Å². The maximum absolute atomic E-state index is 11.8. The molecule has 1 aromatic carbocycles. The normalized spacial score (nSPS) is 14.2. The number of carbonyl (C=O) groups is 2. The van der Waals surface area contributed by atoms with Crippen LogP contribution < -0.4 is 5.32 Å². The number of nitrogens with one attached hydrogen (secondary N) is 1. The van der Waals surface area contributed by atoms with E-state index in [4.69, 9.17) is 4.74 Å². The van der Waals surface area contributed by atoms with Crippen molar-refractivity contribution in [3.05, 3.63) is 35.9 Å². The maximum atomic E-state index is 11.8. The van der Waals surface area contributed by atoms with Crippen LogP contribution in [0.4, 0.5) is 4.79 Å². The SMILES string of the molecule is CC(C)(C)OC(=O)N[C@@](C)(Cc1ccccc1)C(=O)O. The first kappa shape index (κ1) is 16.0. The van der Waals surface area contributed by atoms with Crippen molar-refractivity contribution < 1.29 is 19.4 Å². The van der Waals surface area contributed by atoms with Gasteiger partial charge in [0.05, 0.1) is 0 Å². The Hall–Kier alpha value is -2.04. The second-order valence-corrected chi connectivity index (χ2v) is 5.93. The second-order valence-electron chi connectivity index (χ2n) is 5.93. The van der Waals surface area contributed by atoms with Gasteiger partial charge in [-0.1, -0.05) is 30.3 Å². The highest BCUT2D eigenvalue weighted by molar-refractivity contribution is 5.84. The predicted molar refractivity (Wildman–Crippen MR) is 75.6 cm³/mol. The van der Waals surface area contributed by atoms with Crippen LogP contribution in [0.5, 0.6) is 0 Å². The first-order chi connectivity index (χ1) is 9.12. The molecule has 0 radical (unpaired) electrons. The second kappa shape index (κ2) is 5.94. The van der Waals surface area contributed by atoms with Crippen LogP contribution >= 0.6 is 0 Å². The van der Waals surface area contributed by atoms with Gasteiger partial charge < -0.3 is 15.2 Å². The van der Waals surface area contributed by atoms with Crippen molar-refractivity contribution in [2.75, 3.05) is 0 Å². The zero-order chi connectivity index (χ0) is 15.4. The molecule has 1 aromatic rings. The van der Waals surface area contributed by atoms with Crippen LogP contribution in [0.3, 0.4) is 0 Å². The molecule has 1 rings (SSSR count). The van der Waals surface area contributed by atoms with E-state index in [0.29, 0.717) is 0 Å². The monoisotopic (exact) mass is 279 g/mol. The summed E-state index contributed by atoms with van der Waals surface area (Å²) in [7, 11) is 0. The fourth-order valence-corrected chi connectivity index (χ4v) is 1.71.